The highest BCUT2D eigenvalue weighted by atomic mass is 16.6. The molecule has 0 spiro atoms. The molecule has 0 aliphatic carbocycles. The first-order valence-electron chi connectivity index (χ1n) is 8.50. The number of benzene rings is 2. The molecule has 0 saturated carbocycles. The molecule has 0 bridgehead atoms. The van der Waals surface area contributed by atoms with Gasteiger partial charge in [-0.25, -0.2) is 0 Å². The first-order chi connectivity index (χ1) is 12.7. The summed E-state index contributed by atoms with van der Waals surface area (Å²) in [4.78, 5) is 10.5. The van der Waals surface area contributed by atoms with Gasteiger partial charge in [-0.15, -0.1) is 0 Å². The fourth-order valence-corrected chi connectivity index (χ4v) is 3.25. The van der Waals surface area contributed by atoms with Crippen LogP contribution >= 0.6 is 0 Å². The molecule has 0 amide bonds. The van der Waals surface area contributed by atoms with Crippen molar-refractivity contribution in [3.8, 4) is 5.75 Å². The minimum absolute atomic E-state index is 0.300. The molecule has 2 aromatic carbocycles. The monoisotopic (exact) mass is 355 g/mol. The van der Waals surface area contributed by atoms with Crippen LogP contribution in [0.4, 0.5) is 0 Å². The average Bonchev–Trinajstić information content (AvgIpc) is 2.87. The standard InChI is InChI=1S/C18H18BNO6/c21-20(22)9-17-15-7-4-8-16-18(15)19(26-17)25-14(12-24-16)11-23-10-13-5-2-1-3-6-13/h1-8,14,17H,9-12H2. The molecule has 2 aliphatic heterocycles. The molecule has 2 heterocycles. The summed E-state index contributed by atoms with van der Waals surface area (Å²) in [7, 11) is -0.668. The zero-order valence-corrected chi connectivity index (χ0v) is 14.1. The summed E-state index contributed by atoms with van der Waals surface area (Å²) < 4.78 is 23.4. The van der Waals surface area contributed by atoms with E-state index >= 15 is 0 Å². The average molecular weight is 355 g/mol. The zero-order valence-electron chi connectivity index (χ0n) is 14.1. The fourth-order valence-electron chi connectivity index (χ4n) is 3.25. The van der Waals surface area contributed by atoms with Gasteiger partial charge in [0.1, 0.15) is 24.6 Å². The Morgan fingerprint density at radius 2 is 2.00 bits per heavy atom. The third-order valence-electron chi connectivity index (χ3n) is 4.44. The summed E-state index contributed by atoms with van der Waals surface area (Å²) in [5.41, 5.74) is 2.59. The van der Waals surface area contributed by atoms with Gasteiger partial charge in [-0.05, 0) is 17.2 Å². The number of hydrogen-bond acceptors (Lipinski definition) is 6. The van der Waals surface area contributed by atoms with Crippen LogP contribution in [-0.2, 0) is 20.7 Å². The Morgan fingerprint density at radius 3 is 2.81 bits per heavy atom. The maximum absolute atomic E-state index is 10.9. The van der Waals surface area contributed by atoms with Gasteiger partial charge in [0.2, 0.25) is 6.54 Å². The SMILES string of the molecule is O=[N+]([O-])CC1OB2OC(COCc3ccccc3)COc3cccc1c32. The van der Waals surface area contributed by atoms with Crippen LogP contribution in [0.1, 0.15) is 17.2 Å². The second-order valence-electron chi connectivity index (χ2n) is 6.30. The van der Waals surface area contributed by atoms with Crippen molar-refractivity contribution in [3.05, 3.63) is 69.8 Å². The van der Waals surface area contributed by atoms with Crippen LogP contribution in [0.5, 0.6) is 5.75 Å². The number of rotatable bonds is 6. The van der Waals surface area contributed by atoms with Gasteiger partial charge < -0.3 is 18.8 Å². The third-order valence-corrected chi connectivity index (χ3v) is 4.44. The topological polar surface area (TPSA) is 80.1 Å². The van der Waals surface area contributed by atoms with Gasteiger partial charge >= 0.3 is 7.12 Å². The number of nitrogens with zero attached hydrogens (tertiary/aromatic N) is 1. The Kier molecular flexibility index (Phi) is 4.88. The van der Waals surface area contributed by atoms with Crippen LogP contribution < -0.4 is 10.2 Å². The van der Waals surface area contributed by atoms with Crippen LogP contribution in [-0.4, -0.2) is 37.9 Å². The fraction of sp³-hybridized carbons (Fsp3) is 0.333. The number of hydrogen-bond donors (Lipinski definition) is 0. The lowest BCUT2D eigenvalue weighted by Crippen LogP contribution is -2.37. The van der Waals surface area contributed by atoms with Crippen LogP contribution in [0.15, 0.2) is 48.5 Å². The summed E-state index contributed by atoms with van der Waals surface area (Å²) in [6.45, 7) is 0.864. The molecular weight excluding hydrogens is 337 g/mol. The summed E-state index contributed by atoms with van der Waals surface area (Å²) >= 11 is 0. The Labute approximate surface area is 151 Å². The largest absolute Gasteiger partial charge is 0.499 e. The van der Waals surface area contributed by atoms with Crippen molar-refractivity contribution in [3.63, 3.8) is 0 Å². The normalized spacial score (nSPS) is 21.0. The van der Waals surface area contributed by atoms with E-state index in [-0.39, 0.29) is 17.6 Å². The van der Waals surface area contributed by atoms with Gasteiger partial charge in [-0.2, -0.15) is 0 Å². The molecule has 0 aromatic heterocycles. The van der Waals surface area contributed by atoms with Crippen molar-refractivity contribution in [2.75, 3.05) is 19.8 Å². The predicted molar refractivity (Wildman–Crippen MR) is 94.0 cm³/mol. The van der Waals surface area contributed by atoms with Crippen molar-refractivity contribution in [2.45, 2.75) is 18.8 Å². The highest BCUT2D eigenvalue weighted by Crippen LogP contribution is 2.31. The van der Waals surface area contributed by atoms with Gasteiger partial charge in [0.25, 0.3) is 0 Å². The maximum atomic E-state index is 10.9. The first kappa shape index (κ1) is 17.0. The Bertz CT molecular complexity index is 787. The molecule has 4 rings (SSSR count). The lowest BCUT2D eigenvalue weighted by Gasteiger charge is -2.18. The Morgan fingerprint density at radius 1 is 1.15 bits per heavy atom. The predicted octanol–water partition coefficient (Wildman–Crippen LogP) is 1.72. The smallest absolute Gasteiger partial charge is 0.491 e. The maximum Gasteiger partial charge on any atom is 0.499 e. The lowest BCUT2D eigenvalue weighted by molar-refractivity contribution is -0.490. The second kappa shape index (κ2) is 7.45. The summed E-state index contributed by atoms with van der Waals surface area (Å²) in [6, 6.07) is 15.3. The second-order valence-corrected chi connectivity index (χ2v) is 6.30. The molecule has 2 aromatic rings. The summed E-state index contributed by atoms with van der Waals surface area (Å²) in [6.07, 6.45) is -0.948. The number of nitro groups is 1. The first-order valence-corrected chi connectivity index (χ1v) is 8.50. The Hall–Kier alpha value is -2.42. The van der Waals surface area contributed by atoms with E-state index in [0.29, 0.717) is 25.6 Å². The molecular formula is C18H18BNO6. The van der Waals surface area contributed by atoms with E-state index in [1.54, 1.807) is 0 Å². The molecule has 0 saturated heterocycles. The highest BCUT2D eigenvalue weighted by Gasteiger charge is 2.45. The van der Waals surface area contributed by atoms with E-state index in [4.69, 9.17) is 18.8 Å². The molecule has 0 N–H and O–H groups in total. The van der Waals surface area contributed by atoms with Crippen molar-refractivity contribution in [1.29, 1.82) is 0 Å². The van der Waals surface area contributed by atoms with E-state index in [1.165, 1.54) is 0 Å². The summed E-state index contributed by atoms with van der Waals surface area (Å²) in [5.74, 6) is 0.656. The lowest BCUT2D eigenvalue weighted by atomic mass is 9.77. The van der Waals surface area contributed by atoms with Gasteiger partial charge in [0.15, 0.2) is 0 Å². The van der Waals surface area contributed by atoms with Gasteiger partial charge in [-0.1, -0.05) is 42.5 Å². The molecule has 134 valence electrons. The molecule has 2 unspecified atom stereocenters. The van der Waals surface area contributed by atoms with Crippen LogP contribution in [0, 0.1) is 10.1 Å². The van der Waals surface area contributed by atoms with Crippen LogP contribution in [0.3, 0.4) is 0 Å². The van der Waals surface area contributed by atoms with Gasteiger partial charge in [-0.3, -0.25) is 10.1 Å². The minimum atomic E-state index is -0.668. The van der Waals surface area contributed by atoms with Crippen molar-refractivity contribution < 1.29 is 23.7 Å². The number of ether oxygens (including phenoxy) is 2. The quantitative estimate of drug-likeness (QED) is 0.446. The van der Waals surface area contributed by atoms with Gasteiger partial charge in [0.05, 0.1) is 13.2 Å². The van der Waals surface area contributed by atoms with Crippen molar-refractivity contribution in [1.82, 2.24) is 0 Å². The zero-order chi connectivity index (χ0) is 17.9. The van der Waals surface area contributed by atoms with E-state index < -0.39 is 13.2 Å². The molecule has 2 atom stereocenters. The van der Waals surface area contributed by atoms with Crippen LogP contribution in [0.2, 0.25) is 0 Å². The highest BCUT2D eigenvalue weighted by molar-refractivity contribution is 6.64. The minimum Gasteiger partial charge on any atom is -0.491 e. The van der Waals surface area contributed by atoms with Gasteiger partial charge in [0, 0.05) is 10.4 Å². The van der Waals surface area contributed by atoms with Crippen molar-refractivity contribution >= 4 is 12.6 Å². The van der Waals surface area contributed by atoms with Crippen LogP contribution in [0.25, 0.3) is 0 Å². The van der Waals surface area contributed by atoms with E-state index in [2.05, 4.69) is 0 Å². The molecule has 0 fully saturated rings. The van der Waals surface area contributed by atoms with Crippen molar-refractivity contribution in [2.24, 2.45) is 0 Å². The third kappa shape index (κ3) is 3.57. The molecule has 26 heavy (non-hydrogen) atoms. The van der Waals surface area contributed by atoms with E-state index in [9.17, 15) is 10.1 Å². The molecule has 0 radical (unpaired) electrons. The molecule has 2 aliphatic rings. The molecule has 8 heteroatoms. The van der Waals surface area contributed by atoms with E-state index in [1.807, 2.05) is 48.5 Å². The molecule has 7 nitrogen and oxygen atoms in total. The van der Waals surface area contributed by atoms with E-state index in [0.717, 1.165) is 16.6 Å². The Balaban J connectivity index is 1.43. The summed E-state index contributed by atoms with van der Waals surface area (Å²) in [5, 5.41) is 10.9.